The molecular formula is C16H31NO3. The molecule has 0 heterocycles. The van der Waals surface area contributed by atoms with Gasteiger partial charge in [0.25, 0.3) is 0 Å². The Morgan fingerprint density at radius 1 is 1.45 bits per heavy atom. The van der Waals surface area contributed by atoms with Gasteiger partial charge in [-0.25, -0.2) is 0 Å². The van der Waals surface area contributed by atoms with Crippen LogP contribution in [0.2, 0.25) is 0 Å². The molecule has 118 valence electrons. The summed E-state index contributed by atoms with van der Waals surface area (Å²) in [7, 11) is 1.69. The molecule has 0 aliphatic heterocycles. The van der Waals surface area contributed by atoms with Crippen molar-refractivity contribution >= 4 is 5.97 Å². The van der Waals surface area contributed by atoms with E-state index in [1.165, 1.54) is 6.42 Å². The summed E-state index contributed by atoms with van der Waals surface area (Å²) in [5, 5.41) is 12.1. The molecule has 1 aliphatic rings. The summed E-state index contributed by atoms with van der Waals surface area (Å²) < 4.78 is 5.99. The lowest BCUT2D eigenvalue weighted by atomic mass is 9.71. The Bertz CT molecular complexity index is 330. The van der Waals surface area contributed by atoms with Gasteiger partial charge in [-0.3, -0.25) is 4.79 Å². The summed E-state index contributed by atoms with van der Waals surface area (Å²) in [6, 6.07) is 0. The quantitative estimate of drug-likeness (QED) is 0.706. The Labute approximate surface area is 123 Å². The van der Waals surface area contributed by atoms with Gasteiger partial charge in [-0.1, -0.05) is 20.8 Å². The van der Waals surface area contributed by atoms with E-state index >= 15 is 0 Å². The molecule has 4 heteroatoms. The van der Waals surface area contributed by atoms with Gasteiger partial charge in [0.2, 0.25) is 0 Å². The van der Waals surface area contributed by atoms with Crippen LogP contribution in [0.1, 0.15) is 59.8 Å². The van der Waals surface area contributed by atoms with E-state index in [-0.39, 0.29) is 0 Å². The maximum Gasteiger partial charge on any atom is 0.323 e. The molecule has 0 saturated heterocycles. The van der Waals surface area contributed by atoms with Crippen molar-refractivity contribution in [2.75, 3.05) is 13.7 Å². The lowest BCUT2D eigenvalue weighted by Gasteiger charge is -2.38. The Morgan fingerprint density at radius 2 is 2.10 bits per heavy atom. The van der Waals surface area contributed by atoms with Crippen LogP contribution >= 0.6 is 0 Å². The summed E-state index contributed by atoms with van der Waals surface area (Å²) in [6.45, 7) is 9.28. The number of hydrogen-bond donors (Lipinski definition) is 2. The zero-order chi connectivity index (χ0) is 15.4. The van der Waals surface area contributed by atoms with Gasteiger partial charge in [-0.2, -0.15) is 0 Å². The SMILES string of the molecule is CNC(C)(CCCOC1CC(C)CC(C)(C)C1)C(=O)O. The number of aliphatic carboxylic acids is 1. The number of ether oxygens (including phenoxy) is 1. The predicted octanol–water partition coefficient (Wildman–Crippen LogP) is 3.06. The van der Waals surface area contributed by atoms with Gasteiger partial charge in [0.15, 0.2) is 0 Å². The Morgan fingerprint density at radius 3 is 2.60 bits per heavy atom. The van der Waals surface area contributed by atoms with E-state index in [0.717, 1.165) is 19.3 Å². The highest BCUT2D eigenvalue weighted by Gasteiger charge is 2.33. The fourth-order valence-electron chi connectivity index (χ4n) is 3.40. The van der Waals surface area contributed by atoms with Crippen molar-refractivity contribution in [1.29, 1.82) is 0 Å². The van der Waals surface area contributed by atoms with Crippen LogP contribution in [0.15, 0.2) is 0 Å². The maximum atomic E-state index is 11.2. The third-order valence-corrected chi connectivity index (χ3v) is 4.55. The minimum atomic E-state index is -0.845. The highest BCUT2D eigenvalue weighted by atomic mass is 16.5. The molecule has 1 saturated carbocycles. The van der Waals surface area contributed by atoms with Crippen LogP contribution in [0.4, 0.5) is 0 Å². The van der Waals surface area contributed by atoms with Gasteiger partial charge in [0.05, 0.1) is 6.10 Å². The van der Waals surface area contributed by atoms with Gasteiger partial charge >= 0.3 is 5.97 Å². The molecule has 3 unspecified atom stereocenters. The molecular weight excluding hydrogens is 254 g/mol. The number of carboxylic acid groups (broad SMARTS) is 1. The fourth-order valence-corrected chi connectivity index (χ4v) is 3.40. The summed E-state index contributed by atoms with van der Waals surface area (Å²) in [5.41, 5.74) is -0.481. The first kappa shape index (κ1) is 17.4. The van der Waals surface area contributed by atoms with Crippen molar-refractivity contribution in [3.8, 4) is 0 Å². The number of nitrogens with one attached hydrogen (secondary N) is 1. The van der Waals surface area contributed by atoms with Crippen LogP contribution in [0, 0.1) is 11.3 Å². The Balaban J connectivity index is 2.32. The number of hydrogen-bond acceptors (Lipinski definition) is 3. The summed E-state index contributed by atoms with van der Waals surface area (Å²) >= 11 is 0. The second kappa shape index (κ2) is 6.90. The lowest BCUT2D eigenvalue weighted by Crippen LogP contribution is -2.47. The van der Waals surface area contributed by atoms with E-state index < -0.39 is 11.5 Å². The highest BCUT2D eigenvalue weighted by molar-refractivity contribution is 5.78. The monoisotopic (exact) mass is 285 g/mol. The van der Waals surface area contributed by atoms with Crippen LogP contribution in [0.3, 0.4) is 0 Å². The number of carbonyl (C=O) groups is 1. The largest absolute Gasteiger partial charge is 0.480 e. The zero-order valence-electron chi connectivity index (χ0n) is 13.7. The molecule has 2 N–H and O–H groups in total. The van der Waals surface area contributed by atoms with Crippen molar-refractivity contribution in [3.63, 3.8) is 0 Å². The molecule has 0 spiro atoms. The second-order valence-corrected chi connectivity index (χ2v) is 7.40. The van der Waals surface area contributed by atoms with Crippen molar-refractivity contribution in [1.82, 2.24) is 5.32 Å². The van der Waals surface area contributed by atoms with E-state index in [0.29, 0.717) is 30.5 Å². The van der Waals surface area contributed by atoms with Gasteiger partial charge in [0.1, 0.15) is 5.54 Å². The average Bonchev–Trinajstić information content (AvgIpc) is 2.31. The lowest BCUT2D eigenvalue weighted by molar-refractivity contribution is -0.144. The van der Waals surface area contributed by atoms with E-state index in [4.69, 9.17) is 4.74 Å². The molecule has 1 aliphatic carbocycles. The molecule has 0 aromatic heterocycles. The van der Waals surface area contributed by atoms with Crippen molar-refractivity contribution in [2.45, 2.75) is 71.4 Å². The topological polar surface area (TPSA) is 58.6 Å². The summed E-state index contributed by atoms with van der Waals surface area (Å²) in [6.07, 6.45) is 5.20. The predicted molar refractivity (Wildman–Crippen MR) is 80.9 cm³/mol. The van der Waals surface area contributed by atoms with Gasteiger partial charge in [-0.15, -0.1) is 0 Å². The van der Waals surface area contributed by atoms with Gasteiger partial charge in [-0.05, 0) is 57.4 Å². The molecule has 0 aromatic carbocycles. The zero-order valence-corrected chi connectivity index (χ0v) is 13.7. The molecule has 4 nitrogen and oxygen atoms in total. The van der Waals surface area contributed by atoms with E-state index in [1.54, 1.807) is 14.0 Å². The standard InChI is InChI=1S/C16H31NO3/c1-12-9-13(11-15(2,3)10-12)20-8-6-7-16(4,17-5)14(18)19/h12-13,17H,6-11H2,1-5H3,(H,18,19). The molecule has 0 radical (unpaired) electrons. The number of carboxylic acids is 1. The van der Waals surface area contributed by atoms with E-state index in [1.807, 2.05) is 0 Å². The Kier molecular flexibility index (Phi) is 6.02. The number of rotatable bonds is 7. The van der Waals surface area contributed by atoms with Crippen LogP contribution in [0.25, 0.3) is 0 Å². The minimum Gasteiger partial charge on any atom is -0.480 e. The first-order valence-corrected chi connectivity index (χ1v) is 7.72. The molecule has 1 rings (SSSR count). The highest BCUT2D eigenvalue weighted by Crippen LogP contribution is 2.39. The minimum absolute atomic E-state index is 0.333. The van der Waals surface area contributed by atoms with Crippen LogP contribution < -0.4 is 5.32 Å². The molecule has 20 heavy (non-hydrogen) atoms. The third-order valence-electron chi connectivity index (χ3n) is 4.55. The normalized spacial score (nSPS) is 28.9. The van der Waals surface area contributed by atoms with Crippen molar-refractivity contribution < 1.29 is 14.6 Å². The van der Waals surface area contributed by atoms with Crippen LogP contribution in [-0.4, -0.2) is 36.4 Å². The second-order valence-electron chi connectivity index (χ2n) is 7.40. The average molecular weight is 285 g/mol. The number of likely N-dealkylation sites (N-methyl/N-ethyl adjacent to an activating group) is 1. The van der Waals surface area contributed by atoms with Crippen LogP contribution in [-0.2, 0) is 9.53 Å². The first-order chi connectivity index (χ1) is 9.18. The first-order valence-electron chi connectivity index (χ1n) is 7.72. The van der Waals surface area contributed by atoms with E-state index in [2.05, 4.69) is 26.1 Å². The van der Waals surface area contributed by atoms with Gasteiger partial charge in [0, 0.05) is 6.61 Å². The van der Waals surface area contributed by atoms with E-state index in [9.17, 15) is 9.90 Å². The summed E-state index contributed by atoms with van der Waals surface area (Å²) in [5.74, 6) is -0.0854. The molecule has 0 amide bonds. The molecule has 0 bridgehead atoms. The molecule has 1 fully saturated rings. The van der Waals surface area contributed by atoms with Crippen LogP contribution in [0.5, 0.6) is 0 Å². The smallest absolute Gasteiger partial charge is 0.323 e. The summed E-state index contributed by atoms with van der Waals surface area (Å²) in [4.78, 5) is 11.2. The fraction of sp³-hybridized carbons (Fsp3) is 0.938. The molecule has 0 aromatic rings. The van der Waals surface area contributed by atoms with Gasteiger partial charge < -0.3 is 15.2 Å². The van der Waals surface area contributed by atoms with Crippen molar-refractivity contribution in [3.05, 3.63) is 0 Å². The Hall–Kier alpha value is -0.610. The third kappa shape index (κ3) is 5.06. The van der Waals surface area contributed by atoms with Crippen molar-refractivity contribution in [2.24, 2.45) is 11.3 Å². The molecule has 3 atom stereocenters. The maximum absolute atomic E-state index is 11.2.